The first kappa shape index (κ1) is 12.5. The molecule has 0 amide bonds. The van der Waals surface area contributed by atoms with Gasteiger partial charge in [0.2, 0.25) is 0 Å². The first-order valence-corrected chi connectivity index (χ1v) is 6.38. The molecule has 1 fully saturated rings. The van der Waals surface area contributed by atoms with E-state index in [1.807, 2.05) is 13.0 Å². The van der Waals surface area contributed by atoms with Crippen LogP contribution < -0.4 is 0 Å². The number of aliphatic hydroxyl groups excluding tert-OH is 1. The molecule has 2 unspecified atom stereocenters. The molecular formula is C14H20FNO. The molecule has 1 aliphatic rings. The lowest BCUT2D eigenvalue weighted by molar-refractivity contribution is 0.103. The monoisotopic (exact) mass is 237 g/mol. The summed E-state index contributed by atoms with van der Waals surface area (Å²) >= 11 is 0. The molecule has 94 valence electrons. The summed E-state index contributed by atoms with van der Waals surface area (Å²) in [5, 5.41) is 9.72. The Morgan fingerprint density at radius 2 is 2.35 bits per heavy atom. The van der Waals surface area contributed by atoms with Gasteiger partial charge in [-0.25, -0.2) is 4.39 Å². The van der Waals surface area contributed by atoms with Gasteiger partial charge in [-0.05, 0) is 43.5 Å². The molecule has 3 heteroatoms. The van der Waals surface area contributed by atoms with Gasteiger partial charge in [-0.2, -0.15) is 0 Å². The molecular weight excluding hydrogens is 217 g/mol. The fourth-order valence-corrected chi connectivity index (χ4v) is 2.54. The lowest BCUT2D eigenvalue weighted by Gasteiger charge is -2.26. The summed E-state index contributed by atoms with van der Waals surface area (Å²) in [5.41, 5.74) is 1.03. The first-order chi connectivity index (χ1) is 8.20. The van der Waals surface area contributed by atoms with Crippen molar-refractivity contribution in [1.29, 1.82) is 0 Å². The number of β-amino-alcohol motifs (C(OH)–C–C–N with tert-alkyl or cyclic N) is 1. The number of hydrogen-bond donors (Lipinski definition) is 1. The third kappa shape index (κ3) is 3.05. The van der Waals surface area contributed by atoms with Crippen LogP contribution in [-0.2, 0) is 0 Å². The molecule has 0 bridgehead atoms. The molecule has 1 heterocycles. The van der Waals surface area contributed by atoms with Crippen molar-refractivity contribution in [3.63, 3.8) is 0 Å². The predicted octanol–water partition coefficient (Wildman–Crippen LogP) is 2.73. The fraction of sp³-hybridized carbons (Fsp3) is 0.571. The Morgan fingerprint density at radius 3 is 3.06 bits per heavy atom. The van der Waals surface area contributed by atoms with Gasteiger partial charge in [0.1, 0.15) is 5.82 Å². The van der Waals surface area contributed by atoms with Crippen LogP contribution in [0.3, 0.4) is 0 Å². The SMILES string of the molecule is CCC(O)CN1CCCC1c1cccc(F)c1. The highest BCUT2D eigenvalue weighted by atomic mass is 19.1. The zero-order chi connectivity index (χ0) is 12.3. The van der Waals surface area contributed by atoms with Crippen molar-refractivity contribution in [2.24, 2.45) is 0 Å². The van der Waals surface area contributed by atoms with Crippen LogP contribution in [0.1, 0.15) is 37.8 Å². The van der Waals surface area contributed by atoms with E-state index < -0.39 is 0 Å². The van der Waals surface area contributed by atoms with Crippen molar-refractivity contribution in [3.8, 4) is 0 Å². The van der Waals surface area contributed by atoms with E-state index in [9.17, 15) is 9.50 Å². The van der Waals surface area contributed by atoms with E-state index in [0.717, 1.165) is 31.4 Å². The maximum absolute atomic E-state index is 13.2. The van der Waals surface area contributed by atoms with Gasteiger partial charge in [0.25, 0.3) is 0 Å². The minimum absolute atomic E-state index is 0.176. The number of hydrogen-bond acceptors (Lipinski definition) is 2. The summed E-state index contributed by atoms with van der Waals surface area (Å²) in [4.78, 5) is 2.27. The first-order valence-electron chi connectivity index (χ1n) is 6.38. The molecule has 1 aromatic carbocycles. The van der Waals surface area contributed by atoms with Crippen LogP contribution in [0.5, 0.6) is 0 Å². The van der Waals surface area contributed by atoms with Crippen LogP contribution in [0.4, 0.5) is 4.39 Å². The molecule has 17 heavy (non-hydrogen) atoms. The smallest absolute Gasteiger partial charge is 0.123 e. The number of rotatable bonds is 4. The zero-order valence-corrected chi connectivity index (χ0v) is 10.3. The van der Waals surface area contributed by atoms with E-state index in [2.05, 4.69) is 4.90 Å². The van der Waals surface area contributed by atoms with E-state index >= 15 is 0 Å². The average Bonchev–Trinajstić information content (AvgIpc) is 2.77. The van der Waals surface area contributed by atoms with Crippen LogP contribution in [0.25, 0.3) is 0 Å². The molecule has 1 N–H and O–H groups in total. The third-order valence-corrected chi connectivity index (χ3v) is 3.51. The molecule has 0 radical (unpaired) electrons. The van der Waals surface area contributed by atoms with Crippen LogP contribution in [0, 0.1) is 5.82 Å². The molecule has 2 rings (SSSR count). The van der Waals surface area contributed by atoms with E-state index in [0.29, 0.717) is 6.54 Å². The number of benzene rings is 1. The van der Waals surface area contributed by atoms with Crippen LogP contribution in [-0.4, -0.2) is 29.2 Å². The highest BCUT2D eigenvalue weighted by molar-refractivity contribution is 5.21. The van der Waals surface area contributed by atoms with E-state index in [-0.39, 0.29) is 18.0 Å². The van der Waals surface area contributed by atoms with Gasteiger partial charge in [-0.3, -0.25) is 4.90 Å². The standard InChI is InChI=1S/C14H20FNO/c1-2-13(17)10-16-8-4-7-14(16)11-5-3-6-12(15)9-11/h3,5-6,9,13-14,17H,2,4,7-8,10H2,1H3. The van der Waals surface area contributed by atoms with Crippen molar-refractivity contribution >= 4 is 0 Å². The van der Waals surface area contributed by atoms with Gasteiger partial charge in [0, 0.05) is 12.6 Å². The van der Waals surface area contributed by atoms with Crippen molar-refractivity contribution in [2.45, 2.75) is 38.3 Å². The van der Waals surface area contributed by atoms with Crippen LogP contribution in [0.2, 0.25) is 0 Å². The van der Waals surface area contributed by atoms with Gasteiger partial charge in [-0.1, -0.05) is 19.1 Å². The Balaban J connectivity index is 2.09. The number of aliphatic hydroxyl groups is 1. The van der Waals surface area contributed by atoms with Crippen molar-refractivity contribution < 1.29 is 9.50 Å². The van der Waals surface area contributed by atoms with Crippen LogP contribution >= 0.6 is 0 Å². The lowest BCUT2D eigenvalue weighted by atomic mass is 10.0. The minimum atomic E-state index is -0.274. The molecule has 1 aromatic rings. The molecule has 1 aliphatic heterocycles. The summed E-state index contributed by atoms with van der Waals surface area (Å²) in [6, 6.07) is 7.10. The Labute approximate surface area is 102 Å². The topological polar surface area (TPSA) is 23.5 Å². The molecule has 0 aliphatic carbocycles. The number of likely N-dealkylation sites (tertiary alicyclic amines) is 1. The second-order valence-corrected chi connectivity index (χ2v) is 4.77. The van der Waals surface area contributed by atoms with Gasteiger partial charge in [0.05, 0.1) is 6.10 Å². The Bertz CT molecular complexity index is 369. The Hall–Kier alpha value is -0.930. The Morgan fingerprint density at radius 1 is 1.53 bits per heavy atom. The maximum Gasteiger partial charge on any atom is 0.123 e. The number of halogens is 1. The molecule has 1 saturated heterocycles. The summed E-state index contributed by atoms with van der Waals surface area (Å²) in [6.07, 6.45) is 2.67. The van der Waals surface area contributed by atoms with Gasteiger partial charge in [0.15, 0.2) is 0 Å². The zero-order valence-electron chi connectivity index (χ0n) is 10.3. The molecule has 2 atom stereocenters. The predicted molar refractivity (Wildman–Crippen MR) is 66.2 cm³/mol. The maximum atomic E-state index is 13.2. The summed E-state index contributed by atoms with van der Waals surface area (Å²) < 4.78 is 13.2. The second-order valence-electron chi connectivity index (χ2n) is 4.77. The third-order valence-electron chi connectivity index (χ3n) is 3.51. The van der Waals surface area contributed by atoms with Crippen molar-refractivity contribution in [3.05, 3.63) is 35.6 Å². The van der Waals surface area contributed by atoms with Crippen LogP contribution in [0.15, 0.2) is 24.3 Å². The van der Waals surface area contributed by atoms with E-state index in [4.69, 9.17) is 0 Å². The number of nitrogens with zero attached hydrogens (tertiary/aromatic N) is 1. The summed E-state index contributed by atoms with van der Waals surface area (Å²) in [7, 11) is 0. The molecule has 2 nitrogen and oxygen atoms in total. The molecule has 0 aromatic heterocycles. The largest absolute Gasteiger partial charge is 0.392 e. The summed E-state index contributed by atoms with van der Waals surface area (Å²) in [6.45, 7) is 3.67. The lowest BCUT2D eigenvalue weighted by Crippen LogP contribution is -2.31. The van der Waals surface area contributed by atoms with E-state index in [1.54, 1.807) is 12.1 Å². The van der Waals surface area contributed by atoms with E-state index in [1.165, 1.54) is 6.07 Å². The highest BCUT2D eigenvalue weighted by Crippen LogP contribution is 2.32. The normalized spacial score (nSPS) is 22.9. The van der Waals surface area contributed by atoms with Gasteiger partial charge in [-0.15, -0.1) is 0 Å². The Kier molecular flexibility index (Phi) is 4.13. The quantitative estimate of drug-likeness (QED) is 0.870. The van der Waals surface area contributed by atoms with Gasteiger partial charge >= 0.3 is 0 Å². The van der Waals surface area contributed by atoms with Crippen molar-refractivity contribution in [2.75, 3.05) is 13.1 Å². The average molecular weight is 237 g/mol. The van der Waals surface area contributed by atoms with Crippen molar-refractivity contribution in [1.82, 2.24) is 4.90 Å². The second kappa shape index (κ2) is 5.61. The molecule has 0 saturated carbocycles. The summed E-state index contributed by atoms with van der Waals surface area (Å²) in [5.74, 6) is -0.176. The highest BCUT2D eigenvalue weighted by Gasteiger charge is 2.27. The van der Waals surface area contributed by atoms with Gasteiger partial charge < -0.3 is 5.11 Å². The molecule has 0 spiro atoms. The minimum Gasteiger partial charge on any atom is -0.392 e. The fourth-order valence-electron chi connectivity index (χ4n) is 2.54.